The van der Waals surface area contributed by atoms with Gasteiger partial charge in [-0.05, 0) is 67.1 Å². The molecule has 0 bridgehead atoms. The number of hydrogen-bond acceptors (Lipinski definition) is 7. The second-order valence-corrected chi connectivity index (χ2v) is 8.68. The number of ketones is 1. The fourth-order valence-corrected chi connectivity index (χ4v) is 3.93. The van der Waals surface area contributed by atoms with Crippen LogP contribution in [0.25, 0.3) is 0 Å². The zero-order valence-corrected chi connectivity index (χ0v) is 21.3. The molecule has 7 nitrogen and oxygen atoms in total. The predicted octanol–water partition coefficient (Wildman–Crippen LogP) is 6.61. The van der Waals surface area contributed by atoms with Crippen molar-refractivity contribution in [3.8, 4) is 0 Å². The molecule has 0 aliphatic heterocycles. The number of para-hydroxylation sites is 1. The lowest BCUT2D eigenvalue weighted by Crippen LogP contribution is -2.13. The van der Waals surface area contributed by atoms with E-state index in [4.69, 9.17) is 10.5 Å². The zero-order chi connectivity index (χ0) is 28.1. The van der Waals surface area contributed by atoms with Crippen LogP contribution in [0.1, 0.15) is 31.8 Å². The van der Waals surface area contributed by atoms with Crippen LogP contribution in [-0.4, -0.2) is 18.9 Å². The molecule has 0 saturated heterocycles. The van der Waals surface area contributed by atoms with E-state index in [0.717, 1.165) is 17.7 Å². The molecule has 0 spiro atoms. The van der Waals surface area contributed by atoms with Crippen LogP contribution in [0.15, 0.2) is 91.3 Å². The van der Waals surface area contributed by atoms with Crippen LogP contribution in [0.5, 0.6) is 0 Å². The largest absolute Gasteiger partial charge is 0.465 e. The van der Waals surface area contributed by atoms with Gasteiger partial charge in [0.05, 0.1) is 24.0 Å². The smallest absolute Gasteiger partial charge is 0.339 e. The summed E-state index contributed by atoms with van der Waals surface area (Å²) in [4.78, 5) is 25.5. The number of nitrogen functional groups attached to an aromatic ring is 1. The fourth-order valence-electron chi connectivity index (χ4n) is 3.93. The van der Waals surface area contributed by atoms with Gasteiger partial charge in [0.1, 0.15) is 17.5 Å². The van der Waals surface area contributed by atoms with E-state index < -0.39 is 17.6 Å². The van der Waals surface area contributed by atoms with E-state index in [1.54, 1.807) is 61.5 Å². The predicted molar refractivity (Wildman–Crippen MR) is 149 cm³/mol. The Morgan fingerprint density at radius 3 is 2.28 bits per heavy atom. The third kappa shape index (κ3) is 6.22. The van der Waals surface area contributed by atoms with Gasteiger partial charge < -0.3 is 26.4 Å². The number of nitrogens with two attached hydrogens (primary N) is 1. The Kier molecular flexibility index (Phi) is 7.90. The lowest BCUT2D eigenvalue weighted by atomic mass is 9.97. The molecule has 9 heteroatoms. The number of ether oxygens (including phenoxy) is 1. The van der Waals surface area contributed by atoms with Gasteiger partial charge in [-0.3, -0.25) is 4.79 Å². The number of carbonyl (C=O) groups is 2. The van der Waals surface area contributed by atoms with Crippen LogP contribution in [0.4, 0.5) is 37.2 Å². The molecule has 0 aliphatic rings. The number of carbonyl (C=O) groups excluding carboxylic acids is 2. The molecule has 0 radical (unpaired) electrons. The number of benzene rings is 4. The van der Waals surface area contributed by atoms with Crippen LogP contribution in [-0.2, 0) is 4.74 Å². The third-order valence-electron chi connectivity index (χ3n) is 5.90. The monoisotopic (exact) mass is 528 g/mol. The van der Waals surface area contributed by atoms with E-state index in [-0.39, 0.29) is 22.7 Å². The Hall–Kier alpha value is -5.18. The first-order chi connectivity index (χ1) is 18.7. The maximum absolute atomic E-state index is 14.0. The molecule has 0 aromatic heterocycles. The second-order valence-electron chi connectivity index (χ2n) is 8.68. The lowest BCUT2D eigenvalue weighted by Gasteiger charge is -2.16. The Morgan fingerprint density at radius 2 is 1.56 bits per heavy atom. The van der Waals surface area contributed by atoms with Gasteiger partial charge in [-0.2, -0.15) is 0 Å². The Morgan fingerprint density at radius 1 is 0.821 bits per heavy atom. The fraction of sp³-hybridized carbons (Fsp3) is 0.0667. The van der Waals surface area contributed by atoms with Crippen molar-refractivity contribution in [2.45, 2.75) is 6.92 Å². The van der Waals surface area contributed by atoms with Crippen molar-refractivity contribution in [3.63, 3.8) is 0 Å². The maximum Gasteiger partial charge on any atom is 0.339 e. The minimum atomic E-state index is -0.751. The molecule has 39 heavy (non-hydrogen) atoms. The summed E-state index contributed by atoms with van der Waals surface area (Å²) < 4.78 is 32.0. The number of nitrogens with one attached hydrogen (secondary N) is 3. The topological polar surface area (TPSA) is 105 Å². The third-order valence-corrected chi connectivity index (χ3v) is 5.90. The summed E-state index contributed by atoms with van der Waals surface area (Å²) in [5.41, 5.74) is 9.75. The number of methoxy groups -OCH3 is 1. The van der Waals surface area contributed by atoms with Crippen molar-refractivity contribution in [1.82, 2.24) is 0 Å². The number of esters is 1. The van der Waals surface area contributed by atoms with Crippen molar-refractivity contribution in [1.29, 1.82) is 0 Å². The minimum Gasteiger partial charge on any atom is -0.465 e. The molecule has 0 unspecified atom stereocenters. The first-order valence-corrected chi connectivity index (χ1v) is 11.8. The van der Waals surface area contributed by atoms with E-state index in [2.05, 4.69) is 22.5 Å². The molecule has 0 heterocycles. The molecule has 0 fully saturated rings. The quantitative estimate of drug-likeness (QED) is 0.110. The molecule has 0 atom stereocenters. The number of halogens is 2. The average molecular weight is 529 g/mol. The number of anilines is 5. The van der Waals surface area contributed by atoms with E-state index in [1.807, 2.05) is 0 Å². The van der Waals surface area contributed by atoms with E-state index in [0.29, 0.717) is 34.0 Å². The number of hydrogen-bond donors (Lipinski definition) is 4. The molecule has 0 amide bonds. The van der Waals surface area contributed by atoms with Gasteiger partial charge in [-0.25, -0.2) is 13.6 Å². The summed E-state index contributed by atoms with van der Waals surface area (Å²) in [6.45, 7) is 5.77. The Balaban J connectivity index is 1.51. The van der Waals surface area contributed by atoms with Gasteiger partial charge in [-0.15, -0.1) is 0 Å². The molecule has 4 aromatic rings. The van der Waals surface area contributed by atoms with Crippen LogP contribution in [0.3, 0.4) is 0 Å². The SMILES string of the molecule is C=C(Nc1ccc(C)c(C(=O)c2ccc(Nc3ccc(F)cc3F)cc2N)c1)Nc1ccccc1C(=O)OC. The van der Waals surface area contributed by atoms with E-state index in [9.17, 15) is 18.4 Å². The summed E-state index contributed by atoms with van der Waals surface area (Å²) in [6.07, 6.45) is 0. The molecule has 4 aromatic carbocycles. The highest BCUT2D eigenvalue weighted by molar-refractivity contribution is 6.13. The summed E-state index contributed by atoms with van der Waals surface area (Å²) in [5.74, 6) is -1.86. The van der Waals surface area contributed by atoms with Crippen LogP contribution in [0.2, 0.25) is 0 Å². The van der Waals surface area contributed by atoms with E-state index >= 15 is 0 Å². The van der Waals surface area contributed by atoms with Crippen LogP contribution >= 0.6 is 0 Å². The van der Waals surface area contributed by atoms with Gasteiger partial charge in [0.15, 0.2) is 5.78 Å². The standard InChI is InChI=1S/C30H26F2N4O3/c1-17-8-10-20(34-18(2)35-27-7-5-4-6-23(27)30(38)39-3)15-24(17)29(37)22-12-11-21(16-26(22)33)36-28-13-9-19(31)14-25(28)32/h4-16,34-36H,2,33H2,1,3H3. The van der Waals surface area contributed by atoms with Gasteiger partial charge in [-0.1, -0.05) is 24.8 Å². The summed E-state index contributed by atoms with van der Waals surface area (Å²) in [7, 11) is 1.30. The van der Waals surface area contributed by atoms with Crippen molar-refractivity contribution in [2.24, 2.45) is 0 Å². The van der Waals surface area contributed by atoms with Gasteiger partial charge in [0.2, 0.25) is 0 Å². The molecular weight excluding hydrogens is 502 g/mol. The highest BCUT2D eigenvalue weighted by Crippen LogP contribution is 2.28. The molecule has 4 rings (SSSR count). The minimum absolute atomic E-state index is 0.0764. The maximum atomic E-state index is 14.0. The van der Waals surface area contributed by atoms with Gasteiger partial charge in [0, 0.05) is 34.3 Å². The molecule has 0 aliphatic carbocycles. The van der Waals surface area contributed by atoms with Crippen LogP contribution < -0.4 is 21.7 Å². The molecule has 0 saturated carbocycles. The summed E-state index contributed by atoms with van der Waals surface area (Å²) >= 11 is 0. The first kappa shape index (κ1) is 26.9. The summed E-state index contributed by atoms with van der Waals surface area (Å²) in [5, 5.41) is 8.98. The van der Waals surface area contributed by atoms with Crippen molar-refractivity contribution >= 4 is 40.2 Å². The normalized spacial score (nSPS) is 10.5. The van der Waals surface area contributed by atoms with Crippen LogP contribution in [0, 0.1) is 18.6 Å². The van der Waals surface area contributed by atoms with E-state index in [1.165, 1.54) is 19.2 Å². The van der Waals surface area contributed by atoms with Gasteiger partial charge >= 0.3 is 5.97 Å². The second kappa shape index (κ2) is 11.5. The van der Waals surface area contributed by atoms with Gasteiger partial charge in [0.25, 0.3) is 0 Å². The lowest BCUT2D eigenvalue weighted by molar-refractivity contribution is 0.0601. The molecular formula is C30H26F2N4O3. The number of rotatable bonds is 9. The van der Waals surface area contributed by atoms with Crippen molar-refractivity contribution < 1.29 is 23.1 Å². The van der Waals surface area contributed by atoms with Crippen molar-refractivity contribution in [3.05, 3.63) is 125 Å². The Labute approximate surface area is 224 Å². The summed E-state index contributed by atoms with van der Waals surface area (Å²) in [6, 6.07) is 19.9. The molecule has 5 N–H and O–H groups in total. The average Bonchev–Trinajstić information content (AvgIpc) is 2.91. The van der Waals surface area contributed by atoms with Crippen molar-refractivity contribution in [2.75, 3.05) is 28.8 Å². The highest BCUT2D eigenvalue weighted by atomic mass is 19.1. The number of aryl methyl sites for hydroxylation is 1. The zero-order valence-electron chi connectivity index (χ0n) is 21.3. The molecule has 198 valence electrons. The Bertz CT molecular complexity index is 1590. The highest BCUT2D eigenvalue weighted by Gasteiger charge is 2.17. The first-order valence-electron chi connectivity index (χ1n) is 11.8.